The normalized spacial score (nSPS) is 12.7. The number of methoxy groups -OCH3 is 1. The third kappa shape index (κ3) is 2.51. The van der Waals surface area contributed by atoms with Gasteiger partial charge in [-0.25, -0.2) is 4.98 Å². The summed E-state index contributed by atoms with van der Waals surface area (Å²) in [6.45, 7) is 4.11. The van der Waals surface area contributed by atoms with Crippen LogP contribution in [0, 0.1) is 5.92 Å². The van der Waals surface area contributed by atoms with Crippen molar-refractivity contribution in [1.29, 1.82) is 0 Å². The number of hydrogen-bond donors (Lipinski definition) is 2. The number of nitrogens with two attached hydrogens (primary N) is 1. The third-order valence-corrected chi connectivity index (χ3v) is 2.88. The number of hydrogen-bond acceptors (Lipinski definition) is 4. The number of ether oxygens (including phenoxy) is 1. The lowest BCUT2D eigenvalue weighted by atomic mass is 10.1. The molecule has 0 spiro atoms. The van der Waals surface area contributed by atoms with E-state index in [2.05, 4.69) is 29.0 Å². The molecule has 1 aromatic carbocycles. The van der Waals surface area contributed by atoms with Gasteiger partial charge in [-0.15, -0.1) is 0 Å². The summed E-state index contributed by atoms with van der Waals surface area (Å²) in [6, 6.07) is 7.49. The van der Waals surface area contributed by atoms with Crippen molar-refractivity contribution < 1.29 is 4.74 Å². The van der Waals surface area contributed by atoms with Crippen LogP contribution in [0.4, 0.5) is 0 Å². The molecule has 0 fully saturated rings. The van der Waals surface area contributed by atoms with Gasteiger partial charge >= 0.3 is 0 Å². The van der Waals surface area contributed by atoms with Crippen LogP contribution >= 0.6 is 0 Å². The van der Waals surface area contributed by atoms with Gasteiger partial charge in [-0.05, 0) is 30.2 Å². The molecule has 0 aliphatic carbocycles. The Morgan fingerprint density at radius 3 is 2.44 bits per heavy atom. The molecule has 3 N–H and O–H groups in total. The molecule has 5 heteroatoms. The highest BCUT2D eigenvalue weighted by Gasteiger charge is 2.15. The second kappa shape index (κ2) is 5.18. The molecule has 2 rings (SSSR count). The molecule has 0 saturated carbocycles. The molecule has 2 aromatic rings. The number of aromatic amines is 1. The average Bonchev–Trinajstić information content (AvgIpc) is 2.87. The molecule has 96 valence electrons. The fourth-order valence-electron chi connectivity index (χ4n) is 1.61. The van der Waals surface area contributed by atoms with E-state index in [9.17, 15) is 0 Å². The summed E-state index contributed by atoms with van der Waals surface area (Å²) in [4.78, 5) is 4.42. The molecule has 18 heavy (non-hydrogen) atoms. The highest BCUT2D eigenvalue weighted by Crippen LogP contribution is 2.21. The minimum atomic E-state index is -0.121. The fourth-order valence-corrected chi connectivity index (χ4v) is 1.61. The van der Waals surface area contributed by atoms with Gasteiger partial charge in [0.15, 0.2) is 5.82 Å². The van der Waals surface area contributed by atoms with Crippen molar-refractivity contribution >= 4 is 0 Å². The van der Waals surface area contributed by atoms with Crippen molar-refractivity contribution in [3.63, 3.8) is 0 Å². The molecule has 1 atom stereocenters. The standard InChI is InChI=1S/C13H18N4O/c1-8(2)11(14)13-15-12(16-17-13)9-4-6-10(18-3)7-5-9/h4-8,11H,14H2,1-3H3,(H,15,16,17)/t11-/m1/s1. The summed E-state index contributed by atoms with van der Waals surface area (Å²) in [5.41, 5.74) is 6.96. The van der Waals surface area contributed by atoms with E-state index < -0.39 is 0 Å². The first-order valence-electron chi connectivity index (χ1n) is 5.94. The number of aromatic nitrogens is 3. The van der Waals surface area contributed by atoms with Crippen molar-refractivity contribution in [2.75, 3.05) is 7.11 Å². The van der Waals surface area contributed by atoms with Crippen molar-refractivity contribution in [2.45, 2.75) is 19.9 Å². The summed E-state index contributed by atoms with van der Waals surface area (Å²) >= 11 is 0. The number of rotatable bonds is 4. The van der Waals surface area contributed by atoms with Crippen LogP contribution in [-0.4, -0.2) is 22.3 Å². The topological polar surface area (TPSA) is 76.8 Å². The molecule has 5 nitrogen and oxygen atoms in total. The summed E-state index contributed by atoms with van der Waals surface area (Å²) < 4.78 is 5.11. The average molecular weight is 246 g/mol. The Morgan fingerprint density at radius 1 is 1.22 bits per heavy atom. The van der Waals surface area contributed by atoms with Crippen LogP contribution in [0.25, 0.3) is 11.4 Å². The maximum Gasteiger partial charge on any atom is 0.181 e. The van der Waals surface area contributed by atoms with Crippen LogP contribution < -0.4 is 10.5 Å². The van der Waals surface area contributed by atoms with Crippen LogP contribution in [0.2, 0.25) is 0 Å². The quantitative estimate of drug-likeness (QED) is 0.866. The Morgan fingerprint density at radius 2 is 1.89 bits per heavy atom. The Balaban J connectivity index is 2.23. The molecule has 0 unspecified atom stereocenters. The minimum absolute atomic E-state index is 0.121. The lowest BCUT2D eigenvalue weighted by Crippen LogP contribution is -2.18. The Kier molecular flexibility index (Phi) is 3.62. The predicted octanol–water partition coefficient (Wildman–Crippen LogP) is 2.14. The van der Waals surface area contributed by atoms with E-state index in [-0.39, 0.29) is 6.04 Å². The summed E-state index contributed by atoms with van der Waals surface area (Å²) in [5, 5.41) is 7.09. The molecule has 0 aliphatic heterocycles. The summed E-state index contributed by atoms with van der Waals surface area (Å²) in [6.07, 6.45) is 0. The molecular weight excluding hydrogens is 228 g/mol. The van der Waals surface area contributed by atoms with Gasteiger partial charge in [0.05, 0.1) is 13.2 Å². The maximum absolute atomic E-state index is 6.02. The minimum Gasteiger partial charge on any atom is -0.497 e. The molecule has 0 radical (unpaired) electrons. The number of nitrogens with zero attached hydrogens (tertiary/aromatic N) is 2. The zero-order valence-corrected chi connectivity index (χ0v) is 10.8. The summed E-state index contributed by atoms with van der Waals surface area (Å²) in [7, 11) is 1.64. The molecule has 1 aromatic heterocycles. The lowest BCUT2D eigenvalue weighted by molar-refractivity contribution is 0.415. The van der Waals surface area contributed by atoms with Crippen molar-refractivity contribution in [2.24, 2.45) is 11.7 Å². The Labute approximate surface area is 106 Å². The van der Waals surface area contributed by atoms with Gasteiger partial charge < -0.3 is 10.5 Å². The van der Waals surface area contributed by atoms with Crippen molar-refractivity contribution in [1.82, 2.24) is 15.2 Å². The van der Waals surface area contributed by atoms with E-state index in [0.29, 0.717) is 11.7 Å². The Bertz CT molecular complexity index is 504. The highest BCUT2D eigenvalue weighted by atomic mass is 16.5. The van der Waals surface area contributed by atoms with E-state index in [1.807, 2.05) is 24.3 Å². The monoisotopic (exact) mass is 246 g/mol. The SMILES string of the molecule is COc1ccc(-c2n[nH]c([C@H](N)C(C)C)n2)cc1. The lowest BCUT2D eigenvalue weighted by Gasteiger charge is -2.11. The molecule has 1 heterocycles. The number of H-pyrrole nitrogens is 1. The zero-order chi connectivity index (χ0) is 13.1. The van der Waals surface area contributed by atoms with Crippen LogP contribution in [0.5, 0.6) is 5.75 Å². The first-order valence-corrected chi connectivity index (χ1v) is 5.94. The van der Waals surface area contributed by atoms with Gasteiger partial charge in [-0.3, -0.25) is 5.10 Å². The van der Waals surface area contributed by atoms with Gasteiger partial charge in [0.2, 0.25) is 0 Å². The molecule has 0 amide bonds. The van der Waals surface area contributed by atoms with Crippen molar-refractivity contribution in [3.8, 4) is 17.1 Å². The van der Waals surface area contributed by atoms with Gasteiger partial charge in [-0.2, -0.15) is 5.10 Å². The zero-order valence-electron chi connectivity index (χ0n) is 10.8. The highest BCUT2D eigenvalue weighted by molar-refractivity contribution is 5.55. The third-order valence-electron chi connectivity index (χ3n) is 2.88. The van der Waals surface area contributed by atoms with E-state index in [1.165, 1.54) is 0 Å². The van der Waals surface area contributed by atoms with Crippen molar-refractivity contribution in [3.05, 3.63) is 30.1 Å². The molecule has 0 saturated heterocycles. The molecular formula is C13H18N4O. The predicted molar refractivity (Wildman–Crippen MR) is 70.1 cm³/mol. The second-order valence-electron chi connectivity index (χ2n) is 4.54. The Hall–Kier alpha value is -1.88. The fraction of sp³-hybridized carbons (Fsp3) is 0.385. The number of benzene rings is 1. The van der Waals surface area contributed by atoms with Crippen LogP contribution in [0.15, 0.2) is 24.3 Å². The summed E-state index contributed by atoms with van der Waals surface area (Å²) in [5.74, 6) is 2.51. The van der Waals surface area contributed by atoms with E-state index >= 15 is 0 Å². The van der Waals surface area contributed by atoms with Gasteiger partial charge in [0, 0.05) is 5.56 Å². The first-order chi connectivity index (χ1) is 8.61. The second-order valence-corrected chi connectivity index (χ2v) is 4.54. The largest absolute Gasteiger partial charge is 0.497 e. The van der Waals surface area contributed by atoms with Crippen LogP contribution in [0.3, 0.4) is 0 Å². The van der Waals surface area contributed by atoms with Crippen LogP contribution in [0.1, 0.15) is 25.7 Å². The number of nitrogens with one attached hydrogen (secondary N) is 1. The van der Waals surface area contributed by atoms with E-state index in [0.717, 1.165) is 17.1 Å². The maximum atomic E-state index is 6.02. The molecule has 0 aliphatic rings. The van der Waals surface area contributed by atoms with E-state index in [4.69, 9.17) is 10.5 Å². The van der Waals surface area contributed by atoms with Crippen LogP contribution in [-0.2, 0) is 0 Å². The van der Waals surface area contributed by atoms with Gasteiger partial charge in [0.1, 0.15) is 11.6 Å². The smallest absolute Gasteiger partial charge is 0.181 e. The molecule has 0 bridgehead atoms. The first kappa shape index (κ1) is 12.6. The van der Waals surface area contributed by atoms with E-state index in [1.54, 1.807) is 7.11 Å². The van der Waals surface area contributed by atoms with Gasteiger partial charge in [0.25, 0.3) is 0 Å². The van der Waals surface area contributed by atoms with Gasteiger partial charge in [-0.1, -0.05) is 13.8 Å².